The average molecular weight is 322 g/mol. The van der Waals surface area contributed by atoms with Crippen LogP contribution in [-0.4, -0.2) is 48.8 Å². The molecule has 1 heterocycles. The van der Waals surface area contributed by atoms with Crippen molar-refractivity contribution in [3.05, 3.63) is 28.8 Å². The fourth-order valence-electron chi connectivity index (χ4n) is 2.45. The van der Waals surface area contributed by atoms with E-state index in [1.165, 1.54) is 11.0 Å². The minimum Gasteiger partial charge on any atom is -0.352 e. The van der Waals surface area contributed by atoms with E-state index in [1.54, 1.807) is 24.1 Å². The number of ketones is 1. The fourth-order valence-corrected chi connectivity index (χ4v) is 2.62. The van der Waals surface area contributed by atoms with Crippen LogP contribution in [0.5, 0.6) is 0 Å². The summed E-state index contributed by atoms with van der Waals surface area (Å²) in [7, 11) is 1.73. The topological polar surface area (TPSA) is 69.7 Å². The van der Waals surface area contributed by atoms with Gasteiger partial charge in [0, 0.05) is 11.1 Å². The van der Waals surface area contributed by atoms with E-state index >= 15 is 0 Å². The molecule has 1 fully saturated rings. The molecule has 2 amide bonds. The van der Waals surface area contributed by atoms with Crippen molar-refractivity contribution in [2.45, 2.75) is 18.9 Å². The quantitative estimate of drug-likeness (QED) is 0.823. The van der Waals surface area contributed by atoms with Gasteiger partial charge in [0.15, 0.2) is 0 Å². The first-order chi connectivity index (χ1) is 10.5. The van der Waals surface area contributed by atoms with Crippen LogP contribution >= 0.6 is 11.6 Å². The number of benzene rings is 1. The van der Waals surface area contributed by atoms with E-state index in [2.05, 4.69) is 5.32 Å². The van der Waals surface area contributed by atoms with Gasteiger partial charge in [0.05, 0.1) is 24.5 Å². The molecule has 116 valence electrons. The Balaban J connectivity index is 1.68. The number of nitrogens with zero attached hydrogens (tertiary/aromatic N) is 2. The minimum absolute atomic E-state index is 0.0701. The number of carbonyl (C=O) groups is 3. The molecular weight excluding hydrogens is 306 g/mol. The van der Waals surface area contributed by atoms with Gasteiger partial charge < -0.3 is 5.32 Å². The van der Waals surface area contributed by atoms with Crippen molar-refractivity contribution in [3.63, 3.8) is 0 Å². The van der Waals surface area contributed by atoms with E-state index in [4.69, 9.17) is 11.6 Å². The molecule has 0 aromatic heterocycles. The number of halogens is 1. The summed E-state index contributed by atoms with van der Waals surface area (Å²) in [6.45, 7) is 0.356. The maximum atomic E-state index is 12.1. The minimum atomic E-state index is -0.591. The maximum Gasteiger partial charge on any atom is 0.300 e. The van der Waals surface area contributed by atoms with Crippen LogP contribution in [0.2, 0.25) is 5.02 Å². The Labute approximate surface area is 133 Å². The van der Waals surface area contributed by atoms with E-state index in [0.29, 0.717) is 22.3 Å². The highest BCUT2D eigenvalue weighted by atomic mass is 35.5. The van der Waals surface area contributed by atoms with Gasteiger partial charge in [0.1, 0.15) is 0 Å². The van der Waals surface area contributed by atoms with E-state index in [9.17, 15) is 14.4 Å². The summed E-state index contributed by atoms with van der Waals surface area (Å²) in [5.74, 6) is -1.22. The van der Waals surface area contributed by atoms with Gasteiger partial charge in [-0.2, -0.15) is 0 Å². The van der Waals surface area contributed by atoms with Gasteiger partial charge in [0.25, 0.3) is 5.78 Å². The van der Waals surface area contributed by atoms with Gasteiger partial charge >= 0.3 is 5.91 Å². The van der Waals surface area contributed by atoms with Crippen molar-refractivity contribution >= 4 is 34.9 Å². The number of hydrogen-bond acceptors (Lipinski definition) is 4. The summed E-state index contributed by atoms with van der Waals surface area (Å²) in [6, 6.07) is 5.09. The molecule has 2 aliphatic rings. The van der Waals surface area contributed by atoms with Crippen molar-refractivity contribution in [2.75, 3.05) is 25.2 Å². The lowest BCUT2D eigenvalue weighted by molar-refractivity contribution is -0.122. The van der Waals surface area contributed by atoms with Gasteiger partial charge in [-0.15, -0.1) is 0 Å². The highest BCUT2D eigenvalue weighted by molar-refractivity contribution is 6.52. The predicted octanol–water partition coefficient (Wildman–Crippen LogP) is 1.04. The Kier molecular flexibility index (Phi) is 3.88. The number of Topliss-reactive ketones (excluding diaryl/α,β-unsaturated/α-hetero) is 1. The van der Waals surface area contributed by atoms with Crippen LogP contribution in [0.4, 0.5) is 5.69 Å². The number of likely N-dealkylation sites (N-methyl/N-ethyl adjacent to an activating group) is 1. The lowest BCUT2D eigenvalue weighted by atomic mass is 10.1. The zero-order valence-corrected chi connectivity index (χ0v) is 12.9. The van der Waals surface area contributed by atoms with Gasteiger partial charge in [0.2, 0.25) is 5.91 Å². The third kappa shape index (κ3) is 2.98. The Morgan fingerprint density at radius 1 is 1.41 bits per heavy atom. The molecular formula is C15H16ClN3O3. The molecule has 0 bridgehead atoms. The first-order valence-electron chi connectivity index (χ1n) is 7.09. The summed E-state index contributed by atoms with van der Waals surface area (Å²) in [5.41, 5.74) is 0.849. The summed E-state index contributed by atoms with van der Waals surface area (Å²) in [4.78, 5) is 38.9. The van der Waals surface area contributed by atoms with Crippen molar-refractivity contribution in [3.8, 4) is 0 Å². The molecule has 6 nitrogen and oxygen atoms in total. The molecule has 1 N–H and O–H groups in total. The van der Waals surface area contributed by atoms with Crippen LogP contribution < -0.4 is 10.2 Å². The summed E-state index contributed by atoms with van der Waals surface area (Å²) in [6.07, 6.45) is 2.06. The monoisotopic (exact) mass is 321 g/mol. The largest absolute Gasteiger partial charge is 0.352 e. The molecule has 3 rings (SSSR count). The lowest BCUT2D eigenvalue weighted by Gasteiger charge is -2.23. The first kappa shape index (κ1) is 15.0. The summed E-state index contributed by atoms with van der Waals surface area (Å²) >= 11 is 5.87. The SMILES string of the molecule is CN(CC(=O)NC1CC1)CN1C(=O)C(=O)c2cc(Cl)ccc21. The molecule has 1 aliphatic heterocycles. The Bertz CT molecular complexity index is 657. The molecule has 22 heavy (non-hydrogen) atoms. The number of hydrogen-bond donors (Lipinski definition) is 1. The summed E-state index contributed by atoms with van der Waals surface area (Å²) < 4.78 is 0. The highest BCUT2D eigenvalue weighted by Crippen LogP contribution is 2.31. The molecule has 7 heteroatoms. The van der Waals surface area contributed by atoms with Crippen LogP contribution in [0.15, 0.2) is 18.2 Å². The maximum absolute atomic E-state index is 12.1. The third-order valence-corrected chi connectivity index (χ3v) is 3.91. The Hall–Kier alpha value is -1.92. The molecule has 1 aliphatic carbocycles. The van der Waals surface area contributed by atoms with Crippen molar-refractivity contribution in [1.29, 1.82) is 0 Å². The smallest absolute Gasteiger partial charge is 0.300 e. The normalized spacial score (nSPS) is 17.1. The Morgan fingerprint density at radius 3 is 2.82 bits per heavy atom. The van der Waals surface area contributed by atoms with Crippen molar-refractivity contribution < 1.29 is 14.4 Å². The molecule has 1 aromatic rings. The van der Waals surface area contributed by atoms with Crippen LogP contribution in [0, 0.1) is 0 Å². The van der Waals surface area contributed by atoms with Gasteiger partial charge in [-0.05, 0) is 38.1 Å². The number of amides is 2. The lowest BCUT2D eigenvalue weighted by Crippen LogP contribution is -2.43. The summed E-state index contributed by atoms with van der Waals surface area (Å²) in [5, 5.41) is 3.30. The van der Waals surface area contributed by atoms with E-state index in [-0.39, 0.29) is 19.1 Å². The molecule has 1 saturated carbocycles. The van der Waals surface area contributed by atoms with Crippen LogP contribution in [0.1, 0.15) is 23.2 Å². The molecule has 0 saturated heterocycles. The molecule has 1 aromatic carbocycles. The second kappa shape index (κ2) is 5.70. The van der Waals surface area contributed by atoms with Crippen molar-refractivity contribution in [2.24, 2.45) is 0 Å². The molecule has 0 spiro atoms. The first-order valence-corrected chi connectivity index (χ1v) is 7.47. The van der Waals surface area contributed by atoms with Crippen LogP contribution in [0.3, 0.4) is 0 Å². The molecule has 0 atom stereocenters. The predicted molar refractivity (Wildman–Crippen MR) is 81.9 cm³/mol. The Morgan fingerprint density at radius 2 is 2.14 bits per heavy atom. The van der Waals surface area contributed by atoms with E-state index < -0.39 is 11.7 Å². The number of nitrogens with one attached hydrogen (secondary N) is 1. The van der Waals surface area contributed by atoms with Crippen molar-refractivity contribution in [1.82, 2.24) is 10.2 Å². The fraction of sp³-hybridized carbons (Fsp3) is 0.400. The second-order valence-corrected chi connectivity index (χ2v) is 6.16. The van der Waals surface area contributed by atoms with Gasteiger partial charge in [-0.1, -0.05) is 11.6 Å². The second-order valence-electron chi connectivity index (χ2n) is 5.72. The van der Waals surface area contributed by atoms with Crippen LogP contribution in [-0.2, 0) is 9.59 Å². The zero-order valence-electron chi connectivity index (χ0n) is 12.1. The van der Waals surface area contributed by atoms with Gasteiger partial charge in [-0.25, -0.2) is 0 Å². The van der Waals surface area contributed by atoms with E-state index in [1.807, 2.05) is 0 Å². The number of anilines is 1. The molecule has 0 radical (unpaired) electrons. The number of carbonyl (C=O) groups excluding carboxylic acids is 3. The van der Waals surface area contributed by atoms with Gasteiger partial charge in [-0.3, -0.25) is 24.2 Å². The zero-order chi connectivity index (χ0) is 15.9. The number of fused-ring (bicyclic) bond motifs is 1. The average Bonchev–Trinajstić information content (AvgIpc) is 3.23. The van der Waals surface area contributed by atoms with Crippen LogP contribution in [0.25, 0.3) is 0 Å². The number of rotatable bonds is 5. The third-order valence-electron chi connectivity index (χ3n) is 3.67. The highest BCUT2D eigenvalue weighted by Gasteiger charge is 2.36. The molecule has 0 unspecified atom stereocenters. The van der Waals surface area contributed by atoms with E-state index in [0.717, 1.165) is 12.8 Å². The standard InChI is InChI=1S/C15H16ClN3O3/c1-18(7-13(20)17-10-3-4-10)8-19-12-5-2-9(16)6-11(12)14(21)15(19)22/h2,5-6,10H,3-4,7-8H2,1H3,(H,17,20).